The lowest BCUT2D eigenvalue weighted by Crippen LogP contribution is -2.13. The van der Waals surface area contributed by atoms with Crippen LogP contribution < -0.4 is 10.1 Å². The number of carbonyl (C=O) groups is 1. The highest BCUT2D eigenvalue weighted by molar-refractivity contribution is 5.94. The average Bonchev–Trinajstić information content (AvgIpc) is 2.89. The number of carbonyl (C=O) groups excluding carboxylic acids is 1. The fourth-order valence-electron chi connectivity index (χ4n) is 2.77. The monoisotopic (exact) mass is 323 g/mol. The lowest BCUT2D eigenvalue weighted by atomic mass is 10.1. The summed E-state index contributed by atoms with van der Waals surface area (Å²) in [5.74, 6) is 0.777. The number of anilines is 1. The zero-order valence-electron chi connectivity index (χ0n) is 14.2. The number of rotatable bonds is 5. The Hall–Kier alpha value is -2.82. The van der Waals surface area contributed by atoms with Crippen LogP contribution in [0.5, 0.6) is 5.75 Å². The van der Waals surface area contributed by atoms with E-state index in [1.165, 1.54) is 0 Å². The van der Waals surface area contributed by atoms with Gasteiger partial charge in [-0.05, 0) is 44.0 Å². The molecule has 3 rings (SSSR count). The van der Waals surface area contributed by atoms with Gasteiger partial charge in [0, 0.05) is 18.3 Å². The summed E-state index contributed by atoms with van der Waals surface area (Å²) in [6.45, 7) is 3.98. The third-order valence-electron chi connectivity index (χ3n) is 4.21. The molecular weight excluding hydrogens is 302 g/mol. The van der Waals surface area contributed by atoms with E-state index in [1.54, 1.807) is 7.11 Å². The van der Waals surface area contributed by atoms with Gasteiger partial charge < -0.3 is 14.5 Å². The molecule has 0 saturated heterocycles. The Morgan fingerprint density at radius 1 is 1.21 bits per heavy atom. The summed E-state index contributed by atoms with van der Waals surface area (Å²) >= 11 is 0. The number of aromatic nitrogens is 2. The maximum Gasteiger partial charge on any atom is 0.224 e. The van der Waals surface area contributed by atoms with Gasteiger partial charge in [-0.3, -0.25) is 4.79 Å². The van der Waals surface area contributed by atoms with E-state index in [-0.39, 0.29) is 5.91 Å². The standard InChI is InChI=1S/C19H21N3O2/c1-13-14(2)22-12-6-8-16(19(22)20-13)21-18(23)11-10-15-7-4-5-9-17(15)24-3/h4-9,12H,10-11H2,1-3H3,(H,21,23). The van der Waals surface area contributed by atoms with Crippen LogP contribution in [0, 0.1) is 13.8 Å². The van der Waals surface area contributed by atoms with Crippen molar-refractivity contribution in [3.63, 3.8) is 0 Å². The first-order valence-electron chi connectivity index (χ1n) is 7.96. The van der Waals surface area contributed by atoms with Crippen LogP contribution in [0.1, 0.15) is 23.4 Å². The number of pyridine rings is 1. The molecule has 5 heteroatoms. The minimum Gasteiger partial charge on any atom is -0.496 e. The highest BCUT2D eigenvalue weighted by atomic mass is 16.5. The van der Waals surface area contributed by atoms with Crippen molar-refractivity contribution in [3.8, 4) is 5.75 Å². The number of fused-ring (bicyclic) bond motifs is 1. The predicted molar refractivity (Wildman–Crippen MR) is 94.6 cm³/mol. The number of methoxy groups -OCH3 is 1. The summed E-state index contributed by atoms with van der Waals surface area (Å²) in [5.41, 5.74) is 4.58. The topological polar surface area (TPSA) is 55.6 Å². The van der Waals surface area contributed by atoms with Gasteiger partial charge in [-0.25, -0.2) is 4.98 Å². The Kier molecular flexibility index (Phi) is 4.51. The van der Waals surface area contributed by atoms with Crippen LogP contribution in [-0.2, 0) is 11.2 Å². The molecule has 0 fully saturated rings. The lowest BCUT2D eigenvalue weighted by molar-refractivity contribution is -0.116. The Balaban J connectivity index is 1.73. The zero-order valence-corrected chi connectivity index (χ0v) is 14.2. The van der Waals surface area contributed by atoms with Crippen molar-refractivity contribution >= 4 is 17.2 Å². The minimum atomic E-state index is -0.0349. The number of hydrogen-bond acceptors (Lipinski definition) is 3. The van der Waals surface area contributed by atoms with Gasteiger partial charge in [0.1, 0.15) is 5.75 Å². The SMILES string of the molecule is COc1ccccc1CCC(=O)Nc1cccn2c(C)c(C)nc12. The molecular formula is C19H21N3O2. The molecule has 1 aromatic carbocycles. The Morgan fingerprint density at radius 3 is 2.79 bits per heavy atom. The van der Waals surface area contributed by atoms with Crippen molar-refractivity contribution in [2.24, 2.45) is 0 Å². The molecule has 1 N–H and O–H groups in total. The smallest absolute Gasteiger partial charge is 0.224 e. The minimum absolute atomic E-state index is 0.0349. The van der Waals surface area contributed by atoms with Gasteiger partial charge in [-0.2, -0.15) is 0 Å². The van der Waals surface area contributed by atoms with Gasteiger partial charge >= 0.3 is 0 Å². The highest BCUT2D eigenvalue weighted by Gasteiger charge is 2.11. The second-order valence-electron chi connectivity index (χ2n) is 5.76. The molecule has 3 aromatic rings. The van der Waals surface area contributed by atoms with Crippen molar-refractivity contribution in [2.75, 3.05) is 12.4 Å². The molecule has 0 radical (unpaired) electrons. The van der Waals surface area contributed by atoms with Crippen molar-refractivity contribution in [1.82, 2.24) is 9.38 Å². The number of ether oxygens (including phenoxy) is 1. The fourth-order valence-corrected chi connectivity index (χ4v) is 2.77. The summed E-state index contributed by atoms with van der Waals surface area (Å²) < 4.78 is 7.32. The normalized spacial score (nSPS) is 10.8. The van der Waals surface area contributed by atoms with Crippen molar-refractivity contribution < 1.29 is 9.53 Å². The largest absolute Gasteiger partial charge is 0.496 e. The molecule has 124 valence electrons. The lowest BCUT2D eigenvalue weighted by Gasteiger charge is -2.09. The van der Waals surface area contributed by atoms with Crippen LogP contribution >= 0.6 is 0 Å². The van der Waals surface area contributed by atoms with E-state index in [2.05, 4.69) is 10.3 Å². The van der Waals surface area contributed by atoms with Gasteiger partial charge in [0.05, 0.1) is 18.5 Å². The van der Waals surface area contributed by atoms with Crippen LogP contribution in [-0.4, -0.2) is 22.4 Å². The van der Waals surface area contributed by atoms with Gasteiger partial charge in [0.2, 0.25) is 5.91 Å². The first-order valence-corrected chi connectivity index (χ1v) is 7.96. The summed E-state index contributed by atoms with van der Waals surface area (Å²) in [7, 11) is 1.64. The van der Waals surface area contributed by atoms with Crippen LogP contribution in [0.3, 0.4) is 0 Å². The quantitative estimate of drug-likeness (QED) is 0.781. The van der Waals surface area contributed by atoms with Crippen LogP contribution in [0.15, 0.2) is 42.6 Å². The second-order valence-corrected chi connectivity index (χ2v) is 5.76. The molecule has 0 aliphatic carbocycles. The summed E-state index contributed by atoms with van der Waals surface area (Å²) in [4.78, 5) is 16.9. The molecule has 0 bridgehead atoms. The molecule has 0 saturated carbocycles. The Labute approximate surface area is 141 Å². The molecule has 0 aliphatic rings. The first-order chi connectivity index (χ1) is 11.6. The second kappa shape index (κ2) is 6.74. The fraction of sp³-hybridized carbons (Fsp3) is 0.263. The summed E-state index contributed by atoms with van der Waals surface area (Å²) in [6.07, 6.45) is 2.97. The summed E-state index contributed by atoms with van der Waals surface area (Å²) in [5, 5.41) is 2.97. The molecule has 2 heterocycles. The van der Waals surface area contributed by atoms with Crippen molar-refractivity contribution in [2.45, 2.75) is 26.7 Å². The van der Waals surface area contributed by atoms with E-state index < -0.39 is 0 Å². The highest BCUT2D eigenvalue weighted by Crippen LogP contribution is 2.21. The number of imidazole rings is 1. The third kappa shape index (κ3) is 3.11. The van der Waals surface area contributed by atoms with Crippen LogP contribution in [0.2, 0.25) is 0 Å². The number of aryl methyl sites for hydroxylation is 3. The third-order valence-corrected chi connectivity index (χ3v) is 4.21. The van der Waals surface area contributed by atoms with Gasteiger partial charge in [-0.1, -0.05) is 18.2 Å². The molecule has 2 aromatic heterocycles. The van der Waals surface area contributed by atoms with E-state index in [1.807, 2.05) is 60.8 Å². The number of benzene rings is 1. The number of para-hydroxylation sites is 1. The molecule has 0 unspecified atom stereocenters. The van der Waals surface area contributed by atoms with E-state index in [4.69, 9.17) is 4.74 Å². The van der Waals surface area contributed by atoms with Gasteiger partial charge in [-0.15, -0.1) is 0 Å². The maximum atomic E-state index is 12.3. The van der Waals surface area contributed by atoms with E-state index in [0.29, 0.717) is 12.8 Å². The van der Waals surface area contributed by atoms with Crippen LogP contribution in [0.4, 0.5) is 5.69 Å². The zero-order chi connectivity index (χ0) is 17.1. The van der Waals surface area contributed by atoms with Gasteiger partial charge in [0.15, 0.2) is 5.65 Å². The van der Waals surface area contributed by atoms with E-state index in [0.717, 1.165) is 34.0 Å². The number of nitrogens with zero attached hydrogens (tertiary/aromatic N) is 2. The Morgan fingerprint density at radius 2 is 2.00 bits per heavy atom. The van der Waals surface area contributed by atoms with E-state index in [9.17, 15) is 4.79 Å². The number of hydrogen-bond donors (Lipinski definition) is 1. The van der Waals surface area contributed by atoms with Crippen molar-refractivity contribution in [3.05, 3.63) is 59.5 Å². The number of amides is 1. The van der Waals surface area contributed by atoms with Crippen LogP contribution in [0.25, 0.3) is 5.65 Å². The van der Waals surface area contributed by atoms with E-state index >= 15 is 0 Å². The Bertz CT molecular complexity index is 883. The molecule has 24 heavy (non-hydrogen) atoms. The summed E-state index contributed by atoms with van der Waals surface area (Å²) in [6, 6.07) is 11.6. The maximum absolute atomic E-state index is 12.3. The molecule has 5 nitrogen and oxygen atoms in total. The molecule has 0 spiro atoms. The average molecular weight is 323 g/mol. The molecule has 0 aliphatic heterocycles. The first kappa shape index (κ1) is 16.1. The van der Waals surface area contributed by atoms with Gasteiger partial charge in [0.25, 0.3) is 0 Å². The van der Waals surface area contributed by atoms with Crippen molar-refractivity contribution in [1.29, 1.82) is 0 Å². The predicted octanol–water partition coefficient (Wildman–Crippen LogP) is 3.53. The number of nitrogens with one attached hydrogen (secondary N) is 1. The molecule has 1 amide bonds. The molecule has 0 atom stereocenters.